The van der Waals surface area contributed by atoms with Gasteiger partial charge in [-0.05, 0) is 17.7 Å². The Morgan fingerprint density at radius 2 is 2.20 bits per heavy atom. The molecule has 1 saturated heterocycles. The SMILES string of the molecule is O=C(O)c1cccc(CN2CC(O)C2)c1. The van der Waals surface area contributed by atoms with E-state index in [0.29, 0.717) is 25.2 Å². The summed E-state index contributed by atoms with van der Waals surface area (Å²) >= 11 is 0. The van der Waals surface area contributed by atoms with Crippen molar-refractivity contribution in [2.45, 2.75) is 12.6 Å². The maximum absolute atomic E-state index is 10.7. The average Bonchev–Trinajstić information content (AvgIpc) is 2.16. The first-order valence-corrected chi connectivity index (χ1v) is 4.88. The Bertz CT molecular complexity index is 372. The second kappa shape index (κ2) is 4.00. The van der Waals surface area contributed by atoms with Crippen LogP contribution in [0, 0.1) is 0 Å². The molecule has 0 aliphatic carbocycles. The molecule has 0 bridgehead atoms. The number of β-amino-alcohol motifs (C(OH)–C–C–N with tert-alkyl or cyclic N) is 1. The van der Waals surface area contributed by atoms with E-state index in [1.54, 1.807) is 18.2 Å². The van der Waals surface area contributed by atoms with Gasteiger partial charge in [-0.3, -0.25) is 4.90 Å². The van der Waals surface area contributed by atoms with Crippen LogP contribution in [0.4, 0.5) is 0 Å². The Balaban J connectivity index is 2.02. The van der Waals surface area contributed by atoms with Crippen molar-refractivity contribution < 1.29 is 15.0 Å². The lowest BCUT2D eigenvalue weighted by atomic mass is 10.1. The van der Waals surface area contributed by atoms with Crippen LogP contribution in [0.2, 0.25) is 0 Å². The normalized spacial score (nSPS) is 17.4. The molecule has 4 nitrogen and oxygen atoms in total. The largest absolute Gasteiger partial charge is 0.478 e. The minimum absolute atomic E-state index is 0.215. The number of carboxylic acid groups (broad SMARTS) is 1. The van der Waals surface area contributed by atoms with Crippen LogP contribution in [0.3, 0.4) is 0 Å². The summed E-state index contributed by atoms with van der Waals surface area (Å²) in [5.74, 6) is -0.902. The lowest BCUT2D eigenvalue weighted by Crippen LogP contribution is -2.49. The molecule has 0 saturated carbocycles. The molecule has 1 heterocycles. The molecule has 0 aromatic heterocycles. The van der Waals surface area contributed by atoms with Gasteiger partial charge in [0, 0.05) is 19.6 Å². The van der Waals surface area contributed by atoms with Crippen LogP contribution in [0.5, 0.6) is 0 Å². The van der Waals surface area contributed by atoms with Gasteiger partial charge < -0.3 is 10.2 Å². The average molecular weight is 207 g/mol. The van der Waals surface area contributed by atoms with E-state index in [9.17, 15) is 4.79 Å². The van der Waals surface area contributed by atoms with Crippen molar-refractivity contribution in [1.82, 2.24) is 4.90 Å². The maximum Gasteiger partial charge on any atom is 0.335 e. The quantitative estimate of drug-likeness (QED) is 0.760. The molecule has 1 fully saturated rings. The Morgan fingerprint density at radius 1 is 1.47 bits per heavy atom. The highest BCUT2D eigenvalue weighted by molar-refractivity contribution is 5.87. The predicted molar refractivity (Wildman–Crippen MR) is 54.7 cm³/mol. The molecule has 0 radical (unpaired) electrons. The Morgan fingerprint density at radius 3 is 2.80 bits per heavy atom. The number of nitrogens with zero attached hydrogens (tertiary/aromatic N) is 1. The molecule has 1 aromatic carbocycles. The Labute approximate surface area is 87.8 Å². The summed E-state index contributed by atoms with van der Waals surface area (Å²) in [6.45, 7) is 2.06. The van der Waals surface area contributed by atoms with Crippen LogP contribution in [0.25, 0.3) is 0 Å². The molecule has 0 spiro atoms. The molecule has 4 heteroatoms. The summed E-state index contributed by atoms with van der Waals surface area (Å²) in [6, 6.07) is 6.90. The Kier molecular flexibility index (Phi) is 2.70. The van der Waals surface area contributed by atoms with Gasteiger partial charge in [-0.15, -0.1) is 0 Å². The Hall–Kier alpha value is -1.39. The van der Waals surface area contributed by atoms with Crippen molar-refractivity contribution in [3.8, 4) is 0 Å². The number of hydrogen-bond acceptors (Lipinski definition) is 3. The minimum Gasteiger partial charge on any atom is -0.478 e. The third kappa shape index (κ3) is 2.34. The molecular weight excluding hydrogens is 194 g/mol. The van der Waals surface area contributed by atoms with Gasteiger partial charge in [0.25, 0.3) is 0 Å². The molecule has 0 amide bonds. The van der Waals surface area contributed by atoms with Crippen molar-refractivity contribution in [1.29, 1.82) is 0 Å². The van der Waals surface area contributed by atoms with Gasteiger partial charge in [0.15, 0.2) is 0 Å². The number of aliphatic hydroxyl groups excluding tert-OH is 1. The van der Waals surface area contributed by atoms with Crippen LogP contribution >= 0.6 is 0 Å². The standard InChI is InChI=1S/C11H13NO3/c13-10-6-12(7-10)5-8-2-1-3-9(4-8)11(14)15/h1-4,10,13H,5-7H2,(H,14,15). The number of benzene rings is 1. The van der Waals surface area contributed by atoms with Gasteiger partial charge in [0.05, 0.1) is 11.7 Å². The number of aliphatic hydroxyl groups is 1. The van der Waals surface area contributed by atoms with E-state index in [1.165, 1.54) is 0 Å². The van der Waals surface area contributed by atoms with Crippen molar-refractivity contribution in [3.05, 3.63) is 35.4 Å². The number of rotatable bonds is 3. The fourth-order valence-electron chi connectivity index (χ4n) is 1.73. The highest BCUT2D eigenvalue weighted by atomic mass is 16.4. The number of likely N-dealkylation sites (tertiary alicyclic amines) is 1. The smallest absolute Gasteiger partial charge is 0.335 e. The monoisotopic (exact) mass is 207 g/mol. The third-order valence-corrected chi connectivity index (χ3v) is 2.52. The minimum atomic E-state index is -0.902. The van der Waals surface area contributed by atoms with Gasteiger partial charge in [-0.1, -0.05) is 12.1 Å². The summed E-state index contributed by atoms with van der Waals surface area (Å²) in [4.78, 5) is 12.8. The fourth-order valence-corrected chi connectivity index (χ4v) is 1.73. The van der Waals surface area contributed by atoms with E-state index in [2.05, 4.69) is 4.90 Å². The molecule has 2 rings (SSSR count). The molecule has 1 aliphatic heterocycles. The van der Waals surface area contributed by atoms with Crippen LogP contribution in [-0.4, -0.2) is 40.3 Å². The highest BCUT2D eigenvalue weighted by Crippen LogP contribution is 2.14. The number of carboxylic acids is 1. The van der Waals surface area contributed by atoms with Gasteiger partial charge in [-0.25, -0.2) is 4.79 Å². The molecule has 0 unspecified atom stereocenters. The van der Waals surface area contributed by atoms with Crippen LogP contribution < -0.4 is 0 Å². The number of aromatic carboxylic acids is 1. The van der Waals surface area contributed by atoms with Crippen molar-refractivity contribution in [2.75, 3.05) is 13.1 Å². The molecule has 0 atom stereocenters. The molecule has 80 valence electrons. The summed E-state index contributed by atoms with van der Waals surface area (Å²) in [6.07, 6.45) is -0.215. The second-order valence-electron chi connectivity index (χ2n) is 3.85. The van der Waals surface area contributed by atoms with Crippen molar-refractivity contribution >= 4 is 5.97 Å². The zero-order valence-electron chi connectivity index (χ0n) is 8.26. The summed E-state index contributed by atoms with van der Waals surface area (Å²) < 4.78 is 0. The zero-order valence-corrected chi connectivity index (χ0v) is 8.26. The number of hydrogen-bond donors (Lipinski definition) is 2. The van der Waals surface area contributed by atoms with E-state index in [1.807, 2.05) is 6.07 Å². The van der Waals surface area contributed by atoms with Gasteiger partial charge in [0.2, 0.25) is 0 Å². The van der Waals surface area contributed by atoms with Gasteiger partial charge in [-0.2, -0.15) is 0 Å². The molecular formula is C11H13NO3. The van der Waals surface area contributed by atoms with Crippen molar-refractivity contribution in [3.63, 3.8) is 0 Å². The van der Waals surface area contributed by atoms with E-state index in [4.69, 9.17) is 10.2 Å². The predicted octanol–water partition coefficient (Wildman–Crippen LogP) is 0.561. The fraction of sp³-hybridized carbons (Fsp3) is 0.364. The third-order valence-electron chi connectivity index (χ3n) is 2.52. The molecule has 2 N–H and O–H groups in total. The van der Waals surface area contributed by atoms with Gasteiger partial charge >= 0.3 is 5.97 Å². The van der Waals surface area contributed by atoms with Crippen LogP contribution in [0.1, 0.15) is 15.9 Å². The van der Waals surface area contributed by atoms with E-state index < -0.39 is 5.97 Å². The topological polar surface area (TPSA) is 60.8 Å². The molecule has 15 heavy (non-hydrogen) atoms. The lowest BCUT2D eigenvalue weighted by Gasteiger charge is -2.35. The van der Waals surface area contributed by atoms with E-state index in [-0.39, 0.29) is 6.10 Å². The first kappa shape index (κ1) is 10.1. The first-order valence-electron chi connectivity index (χ1n) is 4.88. The molecule has 1 aromatic rings. The van der Waals surface area contributed by atoms with Crippen LogP contribution in [-0.2, 0) is 6.54 Å². The lowest BCUT2D eigenvalue weighted by molar-refractivity contribution is -0.00289. The maximum atomic E-state index is 10.7. The first-order chi connectivity index (χ1) is 7.15. The van der Waals surface area contributed by atoms with Crippen molar-refractivity contribution in [2.24, 2.45) is 0 Å². The zero-order chi connectivity index (χ0) is 10.8. The van der Waals surface area contributed by atoms with E-state index in [0.717, 1.165) is 5.56 Å². The summed E-state index contributed by atoms with van der Waals surface area (Å²) in [5, 5.41) is 17.9. The van der Waals surface area contributed by atoms with Gasteiger partial charge in [0.1, 0.15) is 0 Å². The van der Waals surface area contributed by atoms with Crippen LogP contribution in [0.15, 0.2) is 24.3 Å². The number of carbonyl (C=O) groups is 1. The second-order valence-corrected chi connectivity index (χ2v) is 3.85. The summed E-state index contributed by atoms with van der Waals surface area (Å²) in [7, 11) is 0. The molecule has 1 aliphatic rings. The summed E-state index contributed by atoms with van der Waals surface area (Å²) in [5.41, 5.74) is 1.29. The highest BCUT2D eigenvalue weighted by Gasteiger charge is 2.23. The van der Waals surface area contributed by atoms with E-state index >= 15 is 0 Å².